The van der Waals surface area contributed by atoms with Crippen LogP contribution >= 0.6 is 12.2 Å². The summed E-state index contributed by atoms with van der Waals surface area (Å²) in [6, 6.07) is 5.74. The Kier molecular flexibility index (Phi) is 4.62. The molecular weight excluding hydrogens is 278 g/mol. The number of rotatable bonds is 3. The molecule has 20 heavy (non-hydrogen) atoms. The normalized spacial score (nSPS) is 14.8. The van der Waals surface area contributed by atoms with E-state index in [1.807, 2.05) is 0 Å². The van der Waals surface area contributed by atoms with E-state index in [4.69, 9.17) is 12.2 Å². The largest absolute Gasteiger partial charge is 0.360 e. The molecule has 1 fully saturated rings. The van der Waals surface area contributed by atoms with Gasteiger partial charge < -0.3 is 5.32 Å². The average Bonchev–Trinajstić information content (AvgIpc) is 2.91. The number of carbonyl (C=O) groups is 1. The van der Waals surface area contributed by atoms with Crippen molar-refractivity contribution < 1.29 is 9.72 Å². The second-order valence-corrected chi connectivity index (χ2v) is 5.12. The Morgan fingerprint density at radius 1 is 1.25 bits per heavy atom. The second-order valence-electron chi connectivity index (χ2n) is 4.71. The summed E-state index contributed by atoms with van der Waals surface area (Å²) in [5.74, 6) is -0.365. The van der Waals surface area contributed by atoms with Crippen molar-refractivity contribution in [3.05, 3.63) is 39.9 Å². The van der Waals surface area contributed by atoms with Crippen LogP contribution in [0.2, 0.25) is 0 Å². The van der Waals surface area contributed by atoms with Crippen LogP contribution < -0.4 is 10.6 Å². The number of hydrogen-bond donors (Lipinski definition) is 2. The molecule has 2 rings (SSSR count). The first kappa shape index (κ1) is 14.4. The summed E-state index contributed by atoms with van der Waals surface area (Å²) in [6.45, 7) is 0. The number of hydrogen-bond acceptors (Lipinski definition) is 4. The molecule has 0 atom stereocenters. The topological polar surface area (TPSA) is 84.3 Å². The SMILES string of the molecule is O=C(NC(=S)NC1CCCC1)c1ccc([N+](=O)[O-])cc1. The van der Waals surface area contributed by atoms with Crippen molar-refractivity contribution in [3.8, 4) is 0 Å². The first-order valence-electron chi connectivity index (χ1n) is 6.42. The van der Waals surface area contributed by atoms with Gasteiger partial charge in [-0.25, -0.2) is 0 Å². The number of nitrogens with zero attached hydrogens (tertiary/aromatic N) is 1. The average molecular weight is 293 g/mol. The van der Waals surface area contributed by atoms with Crippen molar-refractivity contribution in [2.75, 3.05) is 0 Å². The number of carbonyl (C=O) groups excluding carboxylic acids is 1. The first-order valence-corrected chi connectivity index (χ1v) is 6.83. The number of non-ortho nitro benzene ring substituents is 1. The van der Waals surface area contributed by atoms with E-state index in [1.165, 1.54) is 37.1 Å². The van der Waals surface area contributed by atoms with E-state index in [-0.39, 0.29) is 11.6 Å². The van der Waals surface area contributed by atoms with Crippen LogP contribution in [-0.4, -0.2) is 22.0 Å². The smallest absolute Gasteiger partial charge is 0.269 e. The molecule has 1 saturated carbocycles. The highest BCUT2D eigenvalue weighted by atomic mass is 32.1. The van der Waals surface area contributed by atoms with Crippen LogP contribution in [0.4, 0.5) is 5.69 Å². The molecule has 2 N–H and O–H groups in total. The second kappa shape index (κ2) is 6.42. The standard InChI is InChI=1S/C13H15N3O3S/c17-12(9-5-7-11(8-6-9)16(18)19)15-13(20)14-10-3-1-2-4-10/h5-8,10H,1-4H2,(H2,14,15,17,20). The van der Waals surface area contributed by atoms with Crippen LogP contribution in [-0.2, 0) is 0 Å². The van der Waals surface area contributed by atoms with Crippen LogP contribution in [0.5, 0.6) is 0 Å². The first-order chi connectivity index (χ1) is 9.56. The van der Waals surface area contributed by atoms with Gasteiger partial charge in [-0.3, -0.25) is 20.2 Å². The highest BCUT2D eigenvalue weighted by Gasteiger charge is 2.17. The van der Waals surface area contributed by atoms with Crippen LogP contribution in [0.15, 0.2) is 24.3 Å². The minimum Gasteiger partial charge on any atom is -0.360 e. The lowest BCUT2D eigenvalue weighted by atomic mass is 10.2. The number of amides is 1. The third-order valence-electron chi connectivity index (χ3n) is 3.26. The number of benzene rings is 1. The minimum absolute atomic E-state index is 0.0480. The number of thiocarbonyl (C=S) groups is 1. The molecule has 0 spiro atoms. The Balaban J connectivity index is 1.90. The van der Waals surface area contributed by atoms with Crippen molar-refractivity contribution in [1.82, 2.24) is 10.6 Å². The number of nitro benzene ring substituents is 1. The molecule has 7 heteroatoms. The van der Waals surface area contributed by atoms with Crippen molar-refractivity contribution in [2.24, 2.45) is 0 Å². The van der Waals surface area contributed by atoms with Gasteiger partial charge in [-0.2, -0.15) is 0 Å². The van der Waals surface area contributed by atoms with E-state index >= 15 is 0 Å². The van der Waals surface area contributed by atoms with Crippen molar-refractivity contribution in [3.63, 3.8) is 0 Å². The van der Waals surface area contributed by atoms with Gasteiger partial charge in [0.15, 0.2) is 5.11 Å². The van der Waals surface area contributed by atoms with Gasteiger partial charge in [0.25, 0.3) is 11.6 Å². The molecule has 0 aliphatic heterocycles. The van der Waals surface area contributed by atoms with E-state index in [2.05, 4.69) is 10.6 Å². The zero-order valence-electron chi connectivity index (χ0n) is 10.8. The molecule has 1 aromatic carbocycles. The van der Waals surface area contributed by atoms with Crippen LogP contribution in [0, 0.1) is 10.1 Å². The number of nitrogens with one attached hydrogen (secondary N) is 2. The minimum atomic E-state index is -0.506. The van der Waals surface area contributed by atoms with Crippen LogP contribution in [0.25, 0.3) is 0 Å². The molecule has 1 aromatic rings. The lowest BCUT2D eigenvalue weighted by Gasteiger charge is -2.14. The maximum absolute atomic E-state index is 11.9. The van der Waals surface area contributed by atoms with Gasteiger partial charge in [0.05, 0.1) is 4.92 Å². The van der Waals surface area contributed by atoms with Gasteiger partial charge in [-0.15, -0.1) is 0 Å². The van der Waals surface area contributed by atoms with E-state index in [9.17, 15) is 14.9 Å². The molecule has 6 nitrogen and oxygen atoms in total. The molecule has 0 aromatic heterocycles. The van der Waals surface area contributed by atoms with Gasteiger partial charge in [0, 0.05) is 23.7 Å². The highest BCUT2D eigenvalue weighted by molar-refractivity contribution is 7.80. The molecule has 0 saturated heterocycles. The zero-order chi connectivity index (χ0) is 14.5. The van der Waals surface area contributed by atoms with Gasteiger partial charge in [-0.1, -0.05) is 12.8 Å². The Morgan fingerprint density at radius 2 is 1.85 bits per heavy atom. The van der Waals surface area contributed by atoms with E-state index in [0.29, 0.717) is 16.7 Å². The summed E-state index contributed by atoms with van der Waals surface area (Å²) >= 11 is 5.08. The number of nitro groups is 1. The maximum atomic E-state index is 11.9. The Labute approximate surface area is 121 Å². The summed E-state index contributed by atoms with van der Waals surface area (Å²) in [6.07, 6.45) is 4.48. The Morgan fingerprint density at radius 3 is 2.40 bits per heavy atom. The fourth-order valence-corrected chi connectivity index (χ4v) is 2.46. The summed E-state index contributed by atoms with van der Waals surface area (Å²) in [7, 11) is 0. The van der Waals surface area contributed by atoms with Crippen molar-refractivity contribution in [2.45, 2.75) is 31.7 Å². The van der Waals surface area contributed by atoms with Crippen LogP contribution in [0.3, 0.4) is 0 Å². The predicted octanol–water partition coefficient (Wildman–Crippen LogP) is 2.14. The maximum Gasteiger partial charge on any atom is 0.269 e. The lowest BCUT2D eigenvalue weighted by molar-refractivity contribution is -0.384. The van der Waals surface area contributed by atoms with Crippen molar-refractivity contribution >= 4 is 28.9 Å². The Bertz CT molecular complexity index is 524. The van der Waals surface area contributed by atoms with Gasteiger partial charge in [-0.05, 0) is 37.2 Å². The molecule has 1 aliphatic carbocycles. The van der Waals surface area contributed by atoms with Gasteiger partial charge in [0.2, 0.25) is 0 Å². The quantitative estimate of drug-likeness (QED) is 0.507. The van der Waals surface area contributed by atoms with Crippen LogP contribution in [0.1, 0.15) is 36.0 Å². The molecule has 1 amide bonds. The fourth-order valence-electron chi connectivity index (χ4n) is 2.20. The monoisotopic (exact) mass is 293 g/mol. The highest BCUT2D eigenvalue weighted by Crippen LogP contribution is 2.17. The molecular formula is C13H15N3O3S. The van der Waals surface area contributed by atoms with Gasteiger partial charge >= 0.3 is 0 Å². The third kappa shape index (κ3) is 3.74. The molecule has 106 valence electrons. The van der Waals surface area contributed by atoms with E-state index in [0.717, 1.165) is 12.8 Å². The third-order valence-corrected chi connectivity index (χ3v) is 3.48. The summed E-state index contributed by atoms with van der Waals surface area (Å²) in [5, 5.41) is 16.5. The fraction of sp³-hybridized carbons (Fsp3) is 0.385. The molecule has 0 bridgehead atoms. The van der Waals surface area contributed by atoms with E-state index in [1.54, 1.807) is 0 Å². The van der Waals surface area contributed by atoms with Gasteiger partial charge in [0.1, 0.15) is 0 Å². The molecule has 0 radical (unpaired) electrons. The summed E-state index contributed by atoms with van der Waals surface area (Å²) in [4.78, 5) is 21.9. The molecule has 1 aliphatic rings. The molecule has 0 heterocycles. The summed E-state index contributed by atoms with van der Waals surface area (Å²) < 4.78 is 0. The Hall–Kier alpha value is -2.02. The zero-order valence-corrected chi connectivity index (χ0v) is 11.6. The van der Waals surface area contributed by atoms with E-state index < -0.39 is 4.92 Å². The summed E-state index contributed by atoms with van der Waals surface area (Å²) in [5.41, 5.74) is 0.291. The lowest BCUT2D eigenvalue weighted by Crippen LogP contribution is -2.43. The predicted molar refractivity (Wildman–Crippen MR) is 78.6 cm³/mol. The van der Waals surface area contributed by atoms with Crippen molar-refractivity contribution in [1.29, 1.82) is 0 Å². The molecule has 0 unspecified atom stereocenters.